The number of pyridine rings is 1. The summed E-state index contributed by atoms with van der Waals surface area (Å²) in [6.45, 7) is 2.80. The molecule has 17 heavy (non-hydrogen) atoms. The molecule has 6 nitrogen and oxygen atoms in total. The Kier molecular flexibility index (Phi) is 3.89. The van der Waals surface area contributed by atoms with Crippen LogP contribution in [0.25, 0.3) is 0 Å². The topological polar surface area (TPSA) is 84.0 Å². The third-order valence-corrected chi connectivity index (χ3v) is 2.77. The summed E-state index contributed by atoms with van der Waals surface area (Å²) in [5.74, 6) is 0.158. The molecule has 1 atom stereocenters. The van der Waals surface area contributed by atoms with E-state index in [-0.39, 0.29) is 11.9 Å². The number of ether oxygens (including phenoxy) is 1. The summed E-state index contributed by atoms with van der Waals surface area (Å²) in [5, 5.41) is 12.0. The largest absolute Gasteiger partial charge is 0.409 e. The lowest BCUT2D eigenvalue weighted by molar-refractivity contribution is 0.0273. The van der Waals surface area contributed by atoms with Gasteiger partial charge in [0.25, 0.3) is 0 Å². The van der Waals surface area contributed by atoms with Gasteiger partial charge in [0.15, 0.2) is 5.84 Å². The molecule has 0 aliphatic carbocycles. The fourth-order valence-corrected chi connectivity index (χ4v) is 1.95. The fraction of sp³-hybridized carbons (Fsp3) is 0.455. The zero-order valence-corrected chi connectivity index (χ0v) is 9.49. The first-order valence-corrected chi connectivity index (χ1v) is 5.53. The van der Waals surface area contributed by atoms with E-state index >= 15 is 0 Å². The monoisotopic (exact) mass is 236 g/mol. The highest BCUT2D eigenvalue weighted by Gasteiger charge is 2.27. The van der Waals surface area contributed by atoms with E-state index < -0.39 is 0 Å². The highest BCUT2D eigenvalue weighted by atomic mass is 16.5. The van der Waals surface area contributed by atoms with Gasteiger partial charge in [-0.1, -0.05) is 11.2 Å². The van der Waals surface area contributed by atoms with Gasteiger partial charge in [-0.2, -0.15) is 0 Å². The van der Waals surface area contributed by atoms with E-state index in [1.165, 1.54) is 0 Å². The third kappa shape index (κ3) is 2.72. The standard InChI is InChI=1S/C11H16N4O2/c12-11(14-16)10(9-3-1-2-4-13-9)15-5-7-17-8-6-15/h1-4,10,16H,5-8H2,(H2,12,14). The van der Waals surface area contributed by atoms with Crippen molar-refractivity contribution in [3.8, 4) is 0 Å². The van der Waals surface area contributed by atoms with Crippen LogP contribution in [-0.4, -0.2) is 47.2 Å². The number of oxime groups is 1. The Balaban J connectivity index is 2.25. The van der Waals surface area contributed by atoms with E-state index in [2.05, 4.69) is 15.0 Å². The maximum absolute atomic E-state index is 8.87. The van der Waals surface area contributed by atoms with E-state index in [0.29, 0.717) is 13.2 Å². The number of amidine groups is 1. The first-order valence-electron chi connectivity index (χ1n) is 5.53. The lowest BCUT2D eigenvalue weighted by Gasteiger charge is -2.33. The molecular formula is C11H16N4O2. The normalized spacial score (nSPS) is 20.1. The van der Waals surface area contributed by atoms with Gasteiger partial charge in [-0.15, -0.1) is 0 Å². The summed E-state index contributed by atoms with van der Waals surface area (Å²) in [6.07, 6.45) is 1.70. The minimum Gasteiger partial charge on any atom is -0.409 e. The highest BCUT2D eigenvalue weighted by molar-refractivity contribution is 5.86. The average Bonchev–Trinajstić information content (AvgIpc) is 2.41. The van der Waals surface area contributed by atoms with Crippen LogP contribution in [0, 0.1) is 0 Å². The number of rotatable bonds is 3. The molecule has 1 aromatic rings. The van der Waals surface area contributed by atoms with Gasteiger partial charge >= 0.3 is 0 Å². The van der Waals surface area contributed by atoms with Gasteiger partial charge in [-0.05, 0) is 12.1 Å². The predicted molar refractivity (Wildman–Crippen MR) is 62.8 cm³/mol. The second kappa shape index (κ2) is 5.60. The van der Waals surface area contributed by atoms with Crippen LogP contribution in [0.2, 0.25) is 0 Å². The predicted octanol–water partition coefficient (Wildman–Crippen LogP) is 0.201. The summed E-state index contributed by atoms with van der Waals surface area (Å²) in [7, 11) is 0. The molecule has 1 aliphatic heterocycles. The van der Waals surface area contributed by atoms with Crippen LogP contribution < -0.4 is 5.73 Å². The number of morpholine rings is 1. The minimum atomic E-state index is -0.287. The van der Waals surface area contributed by atoms with E-state index in [0.717, 1.165) is 18.8 Å². The molecule has 92 valence electrons. The molecule has 0 aromatic carbocycles. The van der Waals surface area contributed by atoms with Crippen molar-refractivity contribution < 1.29 is 9.94 Å². The Bertz CT molecular complexity index is 376. The van der Waals surface area contributed by atoms with Gasteiger partial charge in [0.2, 0.25) is 0 Å². The van der Waals surface area contributed by atoms with Gasteiger partial charge in [0.05, 0.1) is 18.9 Å². The number of nitrogens with zero attached hydrogens (tertiary/aromatic N) is 3. The Morgan fingerprint density at radius 2 is 2.24 bits per heavy atom. The summed E-state index contributed by atoms with van der Waals surface area (Å²) >= 11 is 0. The number of hydrogen-bond acceptors (Lipinski definition) is 5. The number of nitrogens with two attached hydrogens (primary N) is 1. The Morgan fingerprint density at radius 1 is 1.47 bits per heavy atom. The molecule has 2 rings (SSSR count). The van der Waals surface area contributed by atoms with E-state index in [9.17, 15) is 0 Å². The molecule has 6 heteroatoms. The van der Waals surface area contributed by atoms with Crippen molar-refractivity contribution in [3.63, 3.8) is 0 Å². The first kappa shape index (κ1) is 11.8. The Hall–Kier alpha value is -1.66. The van der Waals surface area contributed by atoms with Gasteiger partial charge < -0.3 is 15.7 Å². The van der Waals surface area contributed by atoms with Gasteiger partial charge in [0, 0.05) is 19.3 Å². The van der Waals surface area contributed by atoms with Gasteiger partial charge in [0.1, 0.15) is 6.04 Å². The molecule has 1 saturated heterocycles. The molecule has 1 unspecified atom stereocenters. The molecule has 0 radical (unpaired) electrons. The van der Waals surface area contributed by atoms with Crippen LogP contribution in [0.4, 0.5) is 0 Å². The minimum absolute atomic E-state index is 0.158. The maximum atomic E-state index is 8.87. The summed E-state index contributed by atoms with van der Waals surface area (Å²) in [5.41, 5.74) is 6.54. The van der Waals surface area contributed by atoms with E-state index in [1.54, 1.807) is 6.20 Å². The zero-order chi connectivity index (χ0) is 12.1. The lowest BCUT2D eigenvalue weighted by Crippen LogP contribution is -2.44. The maximum Gasteiger partial charge on any atom is 0.162 e. The third-order valence-electron chi connectivity index (χ3n) is 2.77. The lowest BCUT2D eigenvalue weighted by atomic mass is 10.1. The molecule has 1 aliphatic rings. The smallest absolute Gasteiger partial charge is 0.162 e. The van der Waals surface area contributed by atoms with Crippen LogP contribution >= 0.6 is 0 Å². The molecular weight excluding hydrogens is 220 g/mol. The van der Waals surface area contributed by atoms with Crippen LogP contribution in [0.15, 0.2) is 29.6 Å². The Labute approximate surface area is 99.7 Å². The molecule has 0 spiro atoms. The molecule has 1 fully saturated rings. The zero-order valence-electron chi connectivity index (χ0n) is 9.49. The summed E-state index contributed by atoms with van der Waals surface area (Å²) in [6, 6.07) is 5.31. The summed E-state index contributed by atoms with van der Waals surface area (Å²) in [4.78, 5) is 6.37. The Morgan fingerprint density at radius 3 is 2.82 bits per heavy atom. The second-order valence-electron chi connectivity index (χ2n) is 3.83. The second-order valence-corrected chi connectivity index (χ2v) is 3.83. The van der Waals surface area contributed by atoms with Crippen molar-refractivity contribution in [1.29, 1.82) is 0 Å². The summed E-state index contributed by atoms with van der Waals surface area (Å²) < 4.78 is 5.29. The first-order chi connectivity index (χ1) is 8.33. The van der Waals surface area contributed by atoms with E-state index in [4.69, 9.17) is 15.7 Å². The van der Waals surface area contributed by atoms with Gasteiger partial charge in [-0.25, -0.2) is 0 Å². The van der Waals surface area contributed by atoms with E-state index in [1.807, 2.05) is 18.2 Å². The van der Waals surface area contributed by atoms with Crippen molar-refractivity contribution in [2.24, 2.45) is 10.9 Å². The van der Waals surface area contributed by atoms with Crippen molar-refractivity contribution in [1.82, 2.24) is 9.88 Å². The molecule has 0 amide bonds. The van der Waals surface area contributed by atoms with Crippen molar-refractivity contribution >= 4 is 5.84 Å². The fourth-order valence-electron chi connectivity index (χ4n) is 1.95. The van der Waals surface area contributed by atoms with Crippen LogP contribution in [-0.2, 0) is 4.74 Å². The molecule has 0 saturated carbocycles. The number of aromatic nitrogens is 1. The van der Waals surface area contributed by atoms with Crippen LogP contribution in [0.3, 0.4) is 0 Å². The molecule has 0 bridgehead atoms. The van der Waals surface area contributed by atoms with Crippen LogP contribution in [0.5, 0.6) is 0 Å². The highest BCUT2D eigenvalue weighted by Crippen LogP contribution is 2.19. The van der Waals surface area contributed by atoms with Crippen LogP contribution in [0.1, 0.15) is 11.7 Å². The average molecular weight is 236 g/mol. The molecule has 3 N–H and O–H groups in total. The molecule has 1 aromatic heterocycles. The quantitative estimate of drug-likeness (QED) is 0.339. The van der Waals surface area contributed by atoms with Crippen molar-refractivity contribution in [2.45, 2.75) is 6.04 Å². The SMILES string of the molecule is N/C(=N\O)C(c1ccccn1)N1CCOCC1. The van der Waals surface area contributed by atoms with Crippen molar-refractivity contribution in [3.05, 3.63) is 30.1 Å². The molecule has 2 heterocycles. The number of hydrogen-bond donors (Lipinski definition) is 2. The van der Waals surface area contributed by atoms with Crippen molar-refractivity contribution in [2.75, 3.05) is 26.3 Å². The van der Waals surface area contributed by atoms with Gasteiger partial charge in [-0.3, -0.25) is 9.88 Å².